The van der Waals surface area contributed by atoms with E-state index in [2.05, 4.69) is 15.3 Å². The molecule has 8 nitrogen and oxygen atoms in total. The number of hydrogen-bond acceptors (Lipinski definition) is 5. The Morgan fingerprint density at radius 3 is 3.00 bits per heavy atom. The van der Waals surface area contributed by atoms with E-state index < -0.39 is 16.7 Å². The lowest BCUT2D eigenvalue weighted by atomic mass is 10.3. The first kappa shape index (κ1) is 11.8. The van der Waals surface area contributed by atoms with Crippen molar-refractivity contribution in [2.24, 2.45) is 0 Å². The maximum absolute atomic E-state index is 11.6. The van der Waals surface area contributed by atoms with Crippen molar-refractivity contribution in [3.8, 4) is 0 Å². The van der Waals surface area contributed by atoms with E-state index in [4.69, 9.17) is 4.42 Å². The number of aromatic nitrogens is 2. The Morgan fingerprint density at radius 2 is 2.39 bits per heavy atom. The highest BCUT2D eigenvalue weighted by molar-refractivity contribution is 5.91. The molecule has 0 saturated heterocycles. The Balaban J connectivity index is 1.85. The Bertz CT molecular complexity index is 546. The number of carbonyl (C=O) groups excluding carboxylic acids is 1. The van der Waals surface area contributed by atoms with Crippen LogP contribution in [0, 0.1) is 10.1 Å². The van der Waals surface area contributed by atoms with E-state index >= 15 is 0 Å². The van der Waals surface area contributed by atoms with E-state index in [0.717, 1.165) is 11.9 Å². The number of nitrogens with zero attached hydrogens (tertiary/aromatic N) is 2. The van der Waals surface area contributed by atoms with Crippen LogP contribution in [0.2, 0.25) is 0 Å². The summed E-state index contributed by atoms with van der Waals surface area (Å²) >= 11 is 0. The molecule has 2 heterocycles. The number of rotatable bonds is 5. The summed E-state index contributed by atoms with van der Waals surface area (Å²) in [7, 11) is 0. The Labute approximate surface area is 101 Å². The van der Waals surface area contributed by atoms with Crippen LogP contribution in [0.5, 0.6) is 0 Å². The maximum atomic E-state index is 11.6. The van der Waals surface area contributed by atoms with Gasteiger partial charge in [-0.3, -0.25) is 14.9 Å². The fourth-order valence-corrected chi connectivity index (χ4v) is 1.36. The molecule has 1 amide bonds. The van der Waals surface area contributed by atoms with Gasteiger partial charge in [-0.25, -0.2) is 4.98 Å². The number of nitro groups is 1. The zero-order valence-electron chi connectivity index (χ0n) is 9.25. The van der Waals surface area contributed by atoms with Crippen molar-refractivity contribution in [1.29, 1.82) is 0 Å². The third-order valence-corrected chi connectivity index (χ3v) is 2.20. The van der Waals surface area contributed by atoms with Crippen LogP contribution in [0.25, 0.3) is 0 Å². The molecule has 0 unspecified atom stereocenters. The van der Waals surface area contributed by atoms with Crippen molar-refractivity contribution >= 4 is 11.8 Å². The molecule has 2 N–H and O–H groups in total. The molecular formula is C10H10N4O4. The highest BCUT2D eigenvalue weighted by Crippen LogP contribution is 2.15. The summed E-state index contributed by atoms with van der Waals surface area (Å²) in [4.78, 5) is 28.1. The highest BCUT2D eigenvalue weighted by Gasteiger charge is 2.16. The Kier molecular flexibility index (Phi) is 3.37. The average Bonchev–Trinajstić information content (AvgIpc) is 2.99. The second-order valence-electron chi connectivity index (χ2n) is 3.44. The third kappa shape index (κ3) is 2.73. The lowest BCUT2D eigenvalue weighted by Gasteiger charge is -2.00. The molecule has 2 rings (SSSR count). The number of furan rings is 1. The van der Waals surface area contributed by atoms with Crippen LogP contribution in [0.15, 0.2) is 28.9 Å². The number of H-pyrrole nitrogens is 1. The molecule has 0 atom stereocenters. The Morgan fingerprint density at radius 1 is 1.56 bits per heavy atom. The number of aromatic amines is 1. The largest absolute Gasteiger partial charge is 0.433 e. The van der Waals surface area contributed by atoms with Crippen LogP contribution < -0.4 is 5.32 Å². The summed E-state index contributed by atoms with van der Waals surface area (Å²) in [5.74, 6) is -0.275. The molecule has 0 spiro atoms. The minimum absolute atomic E-state index is 0.0823. The monoisotopic (exact) mass is 250 g/mol. The molecular weight excluding hydrogens is 240 g/mol. The number of nitrogens with one attached hydrogen (secondary N) is 2. The lowest BCUT2D eigenvalue weighted by molar-refractivity contribution is -0.402. The summed E-state index contributed by atoms with van der Waals surface area (Å²) < 4.78 is 4.76. The van der Waals surface area contributed by atoms with E-state index in [9.17, 15) is 14.9 Å². The van der Waals surface area contributed by atoms with Gasteiger partial charge in [0.15, 0.2) is 5.76 Å². The van der Waals surface area contributed by atoms with Crippen LogP contribution in [-0.2, 0) is 6.42 Å². The number of carbonyl (C=O) groups is 1. The molecule has 8 heteroatoms. The van der Waals surface area contributed by atoms with Crippen molar-refractivity contribution in [1.82, 2.24) is 15.3 Å². The van der Waals surface area contributed by atoms with Gasteiger partial charge in [-0.15, -0.1) is 0 Å². The zero-order chi connectivity index (χ0) is 13.0. The molecule has 0 aromatic carbocycles. The predicted octanol–water partition coefficient (Wildman–Crippen LogP) is 0.883. The van der Waals surface area contributed by atoms with E-state index in [1.807, 2.05) is 0 Å². The van der Waals surface area contributed by atoms with Gasteiger partial charge in [0.2, 0.25) is 0 Å². The number of amides is 1. The molecule has 0 fully saturated rings. The normalized spacial score (nSPS) is 10.2. The molecule has 0 bridgehead atoms. The van der Waals surface area contributed by atoms with Gasteiger partial charge in [-0.2, -0.15) is 0 Å². The average molecular weight is 250 g/mol. The fourth-order valence-electron chi connectivity index (χ4n) is 1.36. The van der Waals surface area contributed by atoms with Crippen molar-refractivity contribution in [3.05, 3.63) is 46.2 Å². The molecule has 0 radical (unpaired) electrons. The second kappa shape index (κ2) is 5.13. The van der Waals surface area contributed by atoms with Gasteiger partial charge >= 0.3 is 5.88 Å². The van der Waals surface area contributed by atoms with Crippen LogP contribution >= 0.6 is 0 Å². The molecule has 18 heavy (non-hydrogen) atoms. The predicted molar refractivity (Wildman–Crippen MR) is 60.0 cm³/mol. The van der Waals surface area contributed by atoms with Crippen LogP contribution in [0.1, 0.15) is 16.4 Å². The third-order valence-electron chi connectivity index (χ3n) is 2.20. The van der Waals surface area contributed by atoms with Crippen LogP contribution in [-0.4, -0.2) is 27.3 Å². The number of imidazole rings is 1. The van der Waals surface area contributed by atoms with E-state index in [-0.39, 0.29) is 5.76 Å². The van der Waals surface area contributed by atoms with Crippen molar-refractivity contribution < 1.29 is 14.1 Å². The molecule has 0 aliphatic carbocycles. The minimum Gasteiger partial charge on any atom is -0.395 e. The summed E-state index contributed by atoms with van der Waals surface area (Å²) in [6, 6.07) is 2.40. The van der Waals surface area contributed by atoms with Crippen LogP contribution in [0.4, 0.5) is 5.88 Å². The minimum atomic E-state index is -0.695. The first-order chi connectivity index (χ1) is 8.66. The molecule has 2 aromatic rings. The quantitative estimate of drug-likeness (QED) is 0.604. The van der Waals surface area contributed by atoms with Crippen molar-refractivity contribution in [2.75, 3.05) is 6.54 Å². The summed E-state index contributed by atoms with van der Waals surface area (Å²) in [5, 5.41) is 12.9. The molecule has 2 aromatic heterocycles. The number of hydrogen-bond donors (Lipinski definition) is 2. The topological polar surface area (TPSA) is 114 Å². The van der Waals surface area contributed by atoms with Crippen LogP contribution in [0.3, 0.4) is 0 Å². The van der Waals surface area contributed by atoms with Gasteiger partial charge < -0.3 is 14.7 Å². The second-order valence-corrected chi connectivity index (χ2v) is 3.44. The first-order valence-corrected chi connectivity index (χ1v) is 5.17. The van der Waals surface area contributed by atoms with Gasteiger partial charge in [0.1, 0.15) is 10.7 Å². The molecule has 94 valence electrons. The summed E-state index contributed by atoms with van der Waals surface area (Å²) in [6.45, 7) is 0.362. The Hall–Kier alpha value is -2.64. The fraction of sp³-hybridized carbons (Fsp3) is 0.200. The highest BCUT2D eigenvalue weighted by atomic mass is 16.6. The molecule has 0 aliphatic rings. The summed E-state index contributed by atoms with van der Waals surface area (Å²) in [5.41, 5.74) is 0. The first-order valence-electron chi connectivity index (χ1n) is 5.17. The van der Waals surface area contributed by atoms with Crippen molar-refractivity contribution in [3.63, 3.8) is 0 Å². The molecule has 0 saturated carbocycles. The standard InChI is InChI=1S/C10H10N4O4/c15-10(7-1-2-9(18-7)14(16)17)13-4-3-8-11-5-6-12-8/h1-2,5-6H,3-4H2,(H,11,12)(H,13,15). The molecule has 0 aliphatic heterocycles. The van der Waals surface area contributed by atoms with Crippen molar-refractivity contribution in [2.45, 2.75) is 6.42 Å². The smallest absolute Gasteiger partial charge is 0.395 e. The lowest BCUT2D eigenvalue weighted by Crippen LogP contribution is -2.25. The summed E-state index contributed by atoms with van der Waals surface area (Å²) in [6.07, 6.45) is 3.85. The van der Waals surface area contributed by atoms with E-state index in [0.29, 0.717) is 13.0 Å². The van der Waals surface area contributed by atoms with Gasteiger partial charge in [0, 0.05) is 25.4 Å². The maximum Gasteiger partial charge on any atom is 0.433 e. The van der Waals surface area contributed by atoms with E-state index in [1.54, 1.807) is 12.4 Å². The van der Waals surface area contributed by atoms with Gasteiger partial charge in [-0.1, -0.05) is 0 Å². The van der Waals surface area contributed by atoms with Gasteiger partial charge in [0.25, 0.3) is 5.91 Å². The zero-order valence-corrected chi connectivity index (χ0v) is 9.25. The van der Waals surface area contributed by atoms with E-state index in [1.165, 1.54) is 6.07 Å². The van der Waals surface area contributed by atoms with Gasteiger partial charge in [0.05, 0.1) is 6.07 Å². The van der Waals surface area contributed by atoms with Gasteiger partial charge in [-0.05, 0) is 6.07 Å². The SMILES string of the molecule is O=C(NCCc1ncc[nH]1)c1ccc([N+](=O)[O-])o1.